The average Bonchev–Trinajstić information content (AvgIpc) is 3.45. The monoisotopic (exact) mass is 417 g/mol. The van der Waals surface area contributed by atoms with Crippen LogP contribution in [0.25, 0.3) is 11.5 Å². The van der Waals surface area contributed by atoms with Crippen molar-refractivity contribution in [2.75, 3.05) is 11.9 Å². The number of ether oxygens (including phenoxy) is 1. The SMILES string of the molecule is CCOC(=O)c1cnn(-c2ccc(C(=O)Nc3ccc(-n4cncn4)nc3)cc2)c1C. The Labute approximate surface area is 177 Å². The number of amides is 1. The number of nitrogens with zero attached hydrogens (tertiary/aromatic N) is 6. The fraction of sp³-hybridized carbons (Fsp3) is 0.143. The van der Waals surface area contributed by atoms with E-state index in [1.807, 2.05) is 0 Å². The fourth-order valence-electron chi connectivity index (χ4n) is 2.96. The van der Waals surface area contributed by atoms with E-state index in [0.717, 1.165) is 5.69 Å². The number of hydrogen-bond donors (Lipinski definition) is 1. The molecular weight excluding hydrogens is 398 g/mol. The van der Waals surface area contributed by atoms with Gasteiger partial charge in [0.25, 0.3) is 5.91 Å². The molecule has 4 rings (SSSR count). The van der Waals surface area contributed by atoms with Gasteiger partial charge in [-0.05, 0) is 50.2 Å². The third-order valence-corrected chi connectivity index (χ3v) is 4.54. The van der Waals surface area contributed by atoms with Gasteiger partial charge < -0.3 is 10.1 Å². The molecular formula is C21H19N7O3. The van der Waals surface area contributed by atoms with Gasteiger partial charge in [0.15, 0.2) is 5.82 Å². The van der Waals surface area contributed by atoms with Crippen molar-refractivity contribution in [1.82, 2.24) is 29.5 Å². The minimum absolute atomic E-state index is 0.272. The third kappa shape index (κ3) is 4.17. The summed E-state index contributed by atoms with van der Waals surface area (Å²) in [6.45, 7) is 3.84. The van der Waals surface area contributed by atoms with Crippen molar-refractivity contribution >= 4 is 17.6 Å². The van der Waals surface area contributed by atoms with Crippen LogP contribution in [0.15, 0.2) is 61.4 Å². The van der Waals surface area contributed by atoms with E-state index >= 15 is 0 Å². The normalized spacial score (nSPS) is 10.6. The Hall–Kier alpha value is -4.34. The molecule has 0 aliphatic carbocycles. The second-order valence-corrected chi connectivity index (χ2v) is 6.52. The Morgan fingerprint density at radius 3 is 2.52 bits per heavy atom. The lowest BCUT2D eigenvalue weighted by molar-refractivity contribution is 0.0525. The Kier molecular flexibility index (Phi) is 5.52. The summed E-state index contributed by atoms with van der Waals surface area (Å²) >= 11 is 0. The van der Waals surface area contributed by atoms with E-state index in [-0.39, 0.29) is 5.91 Å². The minimum atomic E-state index is -0.411. The van der Waals surface area contributed by atoms with Crippen LogP contribution in [0.3, 0.4) is 0 Å². The van der Waals surface area contributed by atoms with Crippen LogP contribution in [-0.2, 0) is 4.74 Å². The maximum atomic E-state index is 12.6. The van der Waals surface area contributed by atoms with Crippen molar-refractivity contribution in [3.05, 3.63) is 78.3 Å². The second kappa shape index (κ2) is 8.57. The molecule has 0 bridgehead atoms. The highest BCUT2D eigenvalue weighted by molar-refractivity contribution is 6.04. The van der Waals surface area contributed by atoms with E-state index in [9.17, 15) is 9.59 Å². The third-order valence-electron chi connectivity index (χ3n) is 4.54. The lowest BCUT2D eigenvalue weighted by atomic mass is 10.2. The number of nitrogens with one attached hydrogen (secondary N) is 1. The maximum Gasteiger partial charge on any atom is 0.341 e. The summed E-state index contributed by atoms with van der Waals surface area (Å²) in [6.07, 6.45) is 5.99. The molecule has 1 amide bonds. The van der Waals surface area contributed by atoms with E-state index in [1.54, 1.807) is 67.5 Å². The zero-order chi connectivity index (χ0) is 21.8. The highest BCUT2D eigenvalue weighted by Gasteiger charge is 2.16. The summed E-state index contributed by atoms with van der Waals surface area (Å²) in [5.41, 5.74) is 2.82. The zero-order valence-corrected chi connectivity index (χ0v) is 16.9. The first kappa shape index (κ1) is 20.0. The van der Waals surface area contributed by atoms with E-state index < -0.39 is 5.97 Å². The molecule has 31 heavy (non-hydrogen) atoms. The first-order chi connectivity index (χ1) is 15.1. The highest BCUT2D eigenvalue weighted by Crippen LogP contribution is 2.17. The van der Waals surface area contributed by atoms with Crippen LogP contribution < -0.4 is 5.32 Å². The number of rotatable bonds is 6. The van der Waals surface area contributed by atoms with Gasteiger partial charge in [-0.3, -0.25) is 4.79 Å². The summed E-state index contributed by atoms with van der Waals surface area (Å²) in [5.74, 6) is -0.0893. The number of benzene rings is 1. The van der Waals surface area contributed by atoms with Gasteiger partial charge in [-0.2, -0.15) is 10.2 Å². The highest BCUT2D eigenvalue weighted by atomic mass is 16.5. The van der Waals surface area contributed by atoms with Gasteiger partial charge in [0.1, 0.15) is 18.2 Å². The van der Waals surface area contributed by atoms with Gasteiger partial charge in [0, 0.05) is 5.56 Å². The predicted octanol–water partition coefficient (Wildman–Crippen LogP) is 2.59. The maximum absolute atomic E-state index is 12.6. The number of esters is 1. The van der Waals surface area contributed by atoms with Crippen LogP contribution in [0.5, 0.6) is 0 Å². The number of aromatic nitrogens is 6. The molecule has 4 aromatic rings. The van der Waals surface area contributed by atoms with Crippen molar-refractivity contribution in [1.29, 1.82) is 0 Å². The quantitative estimate of drug-likeness (QED) is 0.479. The number of pyridine rings is 1. The van der Waals surface area contributed by atoms with Crippen molar-refractivity contribution in [2.45, 2.75) is 13.8 Å². The summed E-state index contributed by atoms with van der Waals surface area (Å²) in [5, 5.41) is 11.1. The molecule has 0 atom stereocenters. The van der Waals surface area contributed by atoms with Crippen LogP contribution >= 0.6 is 0 Å². The first-order valence-electron chi connectivity index (χ1n) is 9.51. The molecule has 0 spiro atoms. The topological polar surface area (TPSA) is 117 Å². The summed E-state index contributed by atoms with van der Waals surface area (Å²) in [4.78, 5) is 32.7. The van der Waals surface area contributed by atoms with Crippen LogP contribution in [-0.4, -0.2) is 48.0 Å². The van der Waals surface area contributed by atoms with E-state index in [0.29, 0.717) is 34.9 Å². The van der Waals surface area contributed by atoms with Gasteiger partial charge in [0.05, 0.1) is 36.1 Å². The average molecular weight is 417 g/mol. The number of anilines is 1. The molecule has 10 nitrogen and oxygen atoms in total. The molecule has 0 aliphatic rings. The molecule has 0 unspecified atom stereocenters. The van der Waals surface area contributed by atoms with Gasteiger partial charge in [0.2, 0.25) is 0 Å². The van der Waals surface area contributed by atoms with Crippen LogP contribution in [0, 0.1) is 6.92 Å². The van der Waals surface area contributed by atoms with E-state index in [4.69, 9.17) is 4.74 Å². The van der Waals surface area contributed by atoms with Gasteiger partial charge in [-0.25, -0.2) is 24.1 Å². The predicted molar refractivity (Wildman–Crippen MR) is 111 cm³/mol. The minimum Gasteiger partial charge on any atom is -0.462 e. The molecule has 1 N–H and O–H groups in total. The first-order valence-corrected chi connectivity index (χ1v) is 9.51. The Morgan fingerprint density at radius 1 is 1.06 bits per heavy atom. The standard InChI is InChI=1S/C21H19N7O3/c1-3-31-21(30)18-11-24-28(14(18)2)17-7-4-15(5-8-17)20(29)26-16-6-9-19(23-10-16)27-13-22-12-25-27/h4-13H,3H2,1-2H3,(H,26,29). The fourth-order valence-corrected chi connectivity index (χ4v) is 2.96. The molecule has 0 aliphatic heterocycles. The second-order valence-electron chi connectivity index (χ2n) is 6.52. The van der Waals surface area contributed by atoms with Crippen molar-refractivity contribution < 1.29 is 14.3 Å². The molecule has 0 radical (unpaired) electrons. The molecule has 156 valence electrons. The molecule has 0 saturated carbocycles. The number of hydrogen-bond acceptors (Lipinski definition) is 7. The molecule has 0 saturated heterocycles. The summed E-state index contributed by atoms with van der Waals surface area (Å²) in [7, 11) is 0. The van der Waals surface area contributed by atoms with Gasteiger partial charge in [-0.15, -0.1) is 0 Å². The van der Waals surface area contributed by atoms with Crippen molar-refractivity contribution in [3.8, 4) is 11.5 Å². The lowest BCUT2D eigenvalue weighted by Gasteiger charge is -2.08. The van der Waals surface area contributed by atoms with Crippen molar-refractivity contribution in [2.24, 2.45) is 0 Å². The Balaban J connectivity index is 1.46. The van der Waals surface area contributed by atoms with Crippen LogP contribution in [0.1, 0.15) is 33.3 Å². The molecule has 3 aromatic heterocycles. The molecule has 3 heterocycles. The molecule has 0 fully saturated rings. The van der Waals surface area contributed by atoms with Gasteiger partial charge in [-0.1, -0.05) is 0 Å². The number of carbonyl (C=O) groups excluding carboxylic acids is 2. The van der Waals surface area contributed by atoms with Crippen LogP contribution in [0.4, 0.5) is 5.69 Å². The Bertz CT molecular complexity index is 1200. The largest absolute Gasteiger partial charge is 0.462 e. The lowest BCUT2D eigenvalue weighted by Crippen LogP contribution is -2.12. The molecule has 1 aromatic carbocycles. The molecule has 10 heteroatoms. The zero-order valence-electron chi connectivity index (χ0n) is 16.9. The van der Waals surface area contributed by atoms with Crippen molar-refractivity contribution in [3.63, 3.8) is 0 Å². The Morgan fingerprint density at radius 2 is 1.87 bits per heavy atom. The smallest absolute Gasteiger partial charge is 0.341 e. The summed E-state index contributed by atoms with van der Waals surface area (Å²) in [6, 6.07) is 10.4. The van der Waals surface area contributed by atoms with E-state index in [1.165, 1.54) is 17.2 Å². The summed E-state index contributed by atoms with van der Waals surface area (Å²) < 4.78 is 8.18. The van der Waals surface area contributed by atoms with Crippen LogP contribution in [0.2, 0.25) is 0 Å². The van der Waals surface area contributed by atoms with Gasteiger partial charge >= 0.3 is 5.97 Å². The number of carbonyl (C=O) groups is 2. The van der Waals surface area contributed by atoms with E-state index in [2.05, 4.69) is 25.5 Å².